The van der Waals surface area contributed by atoms with Gasteiger partial charge in [0.15, 0.2) is 5.75 Å². The molecule has 0 atom stereocenters. The van der Waals surface area contributed by atoms with Gasteiger partial charge in [-0.2, -0.15) is 34.8 Å². The first-order chi connectivity index (χ1) is 12.7. The van der Waals surface area contributed by atoms with E-state index in [1.807, 2.05) is 0 Å². The van der Waals surface area contributed by atoms with E-state index in [9.17, 15) is 39.6 Å². The van der Waals surface area contributed by atoms with E-state index in [2.05, 4.69) is 8.92 Å². The van der Waals surface area contributed by atoms with Crippen molar-refractivity contribution in [3.63, 3.8) is 0 Å². The van der Waals surface area contributed by atoms with Crippen molar-refractivity contribution in [2.45, 2.75) is 25.2 Å². The van der Waals surface area contributed by atoms with E-state index in [0.29, 0.717) is 10.6 Å². The summed E-state index contributed by atoms with van der Waals surface area (Å²) in [7, 11) is -6.06. The van der Waals surface area contributed by atoms with Gasteiger partial charge in [-0.3, -0.25) is 0 Å². The molecule has 2 aromatic rings. The van der Waals surface area contributed by atoms with Crippen molar-refractivity contribution >= 4 is 38.6 Å². The van der Waals surface area contributed by atoms with Crippen LogP contribution < -0.4 is 4.18 Å². The molecule has 0 amide bonds. The van der Waals surface area contributed by atoms with Crippen LogP contribution in [0.25, 0.3) is 10.9 Å². The van der Waals surface area contributed by atoms with Crippen LogP contribution in [0.4, 0.5) is 26.3 Å². The molecule has 0 saturated heterocycles. The highest BCUT2D eigenvalue weighted by molar-refractivity contribution is 7.88. The predicted molar refractivity (Wildman–Crippen MR) is 84.6 cm³/mol. The lowest BCUT2D eigenvalue weighted by Crippen LogP contribution is -2.28. The Balaban J connectivity index is 2.65. The third-order valence-corrected chi connectivity index (χ3v) is 4.64. The summed E-state index contributed by atoms with van der Waals surface area (Å²) in [6.07, 6.45) is -4.76. The van der Waals surface area contributed by atoms with Gasteiger partial charge in [0.1, 0.15) is 12.2 Å². The first-order valence-electron chi connectivity index (χ1n) is 7.24. The van der Waals surface area contributed by atoms with Crippen molar-refractivity contribution in [3.05, 3.63) is 28.9 Å². The molecular formula is C14H10ClF6NO5S. The third-order valence-electron chi connectivity index (χ3n) is 3.29. The molecule has 1 aromatic carbocycles. The van der Waals surface area contributed by atoms with Crippen molar-refractivity contribution in [2.24, 2.45) is 0 Å². The summed E-state index contributed by atoms with van der Waals surface area (Å²) in [4.78, 5) is 11.9. The van der Waals surface area contributed by atoms with E-state index >= 15 is 0 Å². The summed E-state index contributed by atoms with van der Waals surface area (Å²) >= 11 is 5.83. The number of nitrogens with zero attached hydrogens (tertiary/aromatic N) is 1. The van der Waals surface area contributed by atoms with Gasteiger partial charge in [-0.25, -0.2) is 4.79 Å². The predicted octanol–water partition coefficient (Wildman–Crippen LogP) is 4.26. The van der Waals surface area contributed by atoms with Crippen LogP contribution in [0, 0.1) is 0 Å². The number of ether oxygens (including phenoxy) is 1. The number of hydrogen-bond donors (Lipinski definition) is 0. The maximum atomic E-state index is 12.9. The summed E-state index contributed by atoms with van der Waals surface area (Å²) in [5, 5.41) is -1.05. The summed E-state index contributed by atoms with van der Waals surface area (Å²) < 4.78 is 107. The number of rotatable bonds is 5. The smallest absolute Gasteiger partial charge is 0.461 e. The lowest BCUT2D eigenvalue weighted by atomic mass is 10.2. The maximum absolute atomic E-state index is 12.9. The van der Waals surface area contributed by atoms with Crippen molar-refractivity contribution < 1.29 is 48.5 Å². The second-order valence-corrected chi connectivity index (χ2v) is 7.16. The Morgan fingerprint density at radius 1 is 1.18 bits per heavy atom. The second kappa shape index (κ2) is 7.35. The summed E-state index contributed by atoms with van der Waals surface area (Å²) in [5.74, 6) is -2.10. The number of esters is 1. The van der Waals surface area contributed by atoms with Crippen molar-refractivity contribution in [2.75, 3.05) is 6.61 Å². The topological polar surface area (TPSA) is 74.6 Å². The largest absolute Gasteiger partial charge is 0.534 e. The molecule has 0 fully saturated rings. The minimum absolute atomic E-state index is 0.154. The highest BCUT2D eigenvalue weighted by Gasteiger charge is 2.49. The molecule has 0 saturated carbocycles. The van der Waals surface area contributed by atoms with E-state index in [4.69, 9.17) is 11.6 Å². The van der Waals surface area contributed by atoms with Gasteiger partial charge in [0.05, 0.1) is 17.1 Å². The fourth-order valence-electron chi connectivity index (χ4n) is 2.23. The molecule has 6 nitrogen and oxygen atoms in total. The summed E-state index contributed by atoms with van der Waals surface area (Å²) in [5.41, 5.74) is -6.61. The second-order valence-electron chi connectivity index (χ2n) is 5.25. The molecule has 0 aliphatic rings. The average Bonchev–Trinajstić information content (AvgIpc) is 2.87. The van der Waals surface area contributed by atoms with Crippen LogP contribution in [-0.2, 0) is 21.4 Å². The van der Waals surface area contributed by atoms with Gasteiger partial charge in [-0.1, -0.05) is 11.6 Å². The molecule has 1 aromatic heterocycles. The van der Waals surface area contributed by atoms with E-state index in [1.54, 1.807) is 0 Å². The lowest BCUT2D eigenvalue weighted by Gasteiger charge is -2.13. The first kappa shape index (κ1) is 22.1. The number of benzene rings is 1. The number of aromatic nitrogens is 1. The Labute approximate surface area is 158 Å². The fraction of sp³-hybridized carbons (Fsp3) is 0.357. The van der Waals surface area contributed by atoms with E-state index in [0.717, 1.165) is 12.1 Å². The molecule has 0 aliphatic heterocycles. The molecular weight excluding hydrogens is 444 g/mol. The van der Waals surface area contributed by atoms with Gasteiger partial charge >= 0.3 is 27.8 Å². The van der Waals surface area contributed by atoms with E-state index in [1.165, 1.54) is 6.92 Å². The molecule has 14 heteroatoms. The van der Waals surface area contributed by atoms with E-state index < -0.39 is 50.8 Å². The Morgan fingerprint density at radius 3 is 2.29 bits per heavy atom. The number of carbonyl (C=O) groups is 1. The zero-order valence-electron chi connectivity index (χ0n) is 13.7. The number of fused-ring (bicyclic) bond motifs is 1. The lowest BCUT2D eigenvalue weighted by molar-refractivity contribution is -0.140. The van der Waals surface area contributed by atoms with Gasteiger partial charge in [-0.15, -0.1) is 0 Å². The van der Waals surface area contributed by atoms with Gasteiger partial charge < -0.3 is 13.5 Å². The van der Waals surface area contributed by atoms with Gasteiger partial charge in [0.2, 0.25) is 0 Å². The monoisotopic (exact) mass is 453 g/mol. The third kappa shape index (κ3) is 4.46. The molecule has 2 rings (SSSR count). The molecule has 0 bridgehead atoms. The molecule has 1 heterocycles. The fourth-order valence-corrected chi connectivity index (χ4v) is 3.00. The quantitative estimate of drug-likeness (QED) is 0.293. The molecule has 0 unspecified atom stereocenters. The van der Waals surface area contributed by atoms with Crippen molar-refractivity contribution in [3.8, 4) is 5.75 Å². The highest BCUT2D eigenvalue weighted by Crippen LogP contribution is 2.38. The summed E-state index contributed by atoms with van der Waals surface area (Å²) in [6, 6.07) is 2.33. The van der Waals surface area contributed by atoms with Gasteiger partial charge in [0.25, 0.3) is 0 Å². The van der Waals surface area contributed by atoms with Crippen molar-refractivity contribution in [1.29, 1.82) is 0 Å². The molecule has 0 aliphatic carbocycles. The highest BCUT2D eigenvalue weighted by atomic mass is 35.5. The SMILES string of the molecule is CCOC(=O)c1cc2c(Cl)c(OS(=O)(=O)C(F)(F)F)ccc2n1CC(F)(F)F. The van der Waals surface area contributed by atoms with Gasteiger partial charge in [0, 0.05) is 5.39 Å². The van der Waals surface area contributed by atoms with Crippen LogP contribution in [0.1, 0.15) is 17.4 Å². The zero-order chi connectivity index (χ0) is 21.5. The molecule has 0 N–H and O–H groups in total. The Hall–Kier alpha value is -2.15. The number of halogens is 7. The number of carbonyl (C=O) groups excluding carboxylic acids is 1. The average molecular weight is 454 g/mol. The molecule has 156 valence electrons. The molecule has 28 heavy (non-hydrogen) atoms. The Kier molecular flexibility index (Phi) is 5.81. The number of alkyl halides is 6. The molecule has 0 radical (unpaired) electrons. The molecule has 0 spiro atoms. The van der Waals surface area contributed by atoms with Crippen LogP contribution in [-0.4, -0.2) is 37.2 Å². The van der Waals surface area contributed by atoms with Gasteiger partial charge in [-0.05, 0) is 25.1 Å². The first-order valence-corrected chi connectivity index (χ1v) is 9.03. The zero-order valence-corrected chi connectivity index (χ0v) is 15.3. The normalized spacial score (nSPS) is 13.0. The van der Waals surface area contributed by atoms with E-state index in [-0.39, 0.29) is 17.5 Å². The number of hydrogen-bond acceptors (Lipinski definition) is 5. The Morgan fingerprint density at radius 2 is 1.79 bits per heavy atom. The van der Waals surface area contributed by atoms with Crippen LogP contribution in [0.15, 0.2) is 18.2 Å². The Bertz CT molecular complexity index is 1010. The minimum atomic E-state index is -6.06. The summed E-state index contributed by atoms with van der Waals surface area (Å²) in [6.45, 7) is -0.365. The minimum Gasteiger partial charge on any atom is -0.461 e. The standard InChI is InChI=1S/C14H10ClF6NO5S/c1-2-26-12(23)9-5-7-8(22(9)6-13(16,17)18)3-4-10(11(7)15)27-28(24,25)14(19,20)21/h3-5H,2,6H2,1H3. The van der Waals surface area contributed by atoms with Crippen LogP contribution in [0.3, 0.4) is 0 Å². The maximum Gasteiger partial charge on any atom is 0.534 e. The van der Waals surface area contributed by atoms with Crippen LogP contribution >= 0.6 is 11.6 Å². The van der Waals surface area contributed by atoms with Crippen LogP contribution in [0.2, 0.25) is 5.02 Å². The van der Waals surface area contributed by atoms with Crippen LogP contribution in [0.5, 0.6) is 5.75 Å². The van der Waals surface area contributed by atoms with Crippen molar-refractivity contribution in [1.82, 2.24) is 4.57 Å².